The number of para-hydroxylation sites is 1. The average Bonchev–Trinajstić information content (AvgIpc) is 2.90. The molecule has 0 heterocycles. The Morgan fingerprint density at radius 1 is 0.929 bits per heavy atom. The number of rotatable bonds is 13. The summed E-state index contributed by atoms with van der Waals surface area (Å²) in [6, 6.07) is 9.48. The lowest BCUT2D eigenvalue weighted by molar-refractivity contribution is -0.142. The lowest BCUT2D eigenvalue weighted by Crippen LogP contribution is -2.55. The summed E-state index contributed by atoms with van der Waals surface area (Å²) in [6.07, 6.45) is 3.68. The molecule has 232 valence electrons. The normalized spacial score (nSPS) is 13.6. The number of carbonyl (C=O) groups is 3. The number of hydrogen-bond donors (Lipinski definition) is 2. The molecule has 0 aromatic heterocycles. The lowest BCUT2D eigenvalue weighted by Gasteiger charge is -2.37. The molecule has 0 radical (unpaired) electrons. The van der Waals surface area contributed by atoms with Crippen molar-refractivity contribution in [1.29, 1.82) is 0 Å². The minimum absolute atomic E-state index is 0.198. The van der Waals surface area contributed by atoms with Crippen molar-refractivity contribution in [2.45, 2.75) is 112 Å². The summed E-state index contributed by atoms with van der Waals surface area (Å²) in [6.45, 7) is 17.5. The van der Waals surface area contributed by atoms with Crippen LogP contribution >= 0.6 is 11.6 Å². The Bertz CT molecular complexity index is 1180. The largest absolute Gasteiger partial charge is 0.444 e. The fraction of sp³-hybridized carbons (Fsp3) is 0.559. The van der Waals surface area contributed by atoms with E-state index in [9.17, 15) is 14.4 Å². The predicted octanol–water partition coefficient (Wildman–Crippen LogP) is 8.29. The Kier molecular flexibility index (Phi) is 13.4. The molecule has 42 heavy (non-hydrogen) atoms. The Morgan fingerprint density at radius 3 is 2.07 bits per heavy atom. The van der Waals surface area contributed by atoms with Crippen LogP contribution in [0.15, 0.2) is 36.4 Å². The molecule has 3 unspecified atom stereocenters. The van der Waals surface area contributed by atoms with Gasteiger partial charge in [-0.25, -0.2) is 4.79 Å². The Hall–Kier alpha value is -3.06. The minimum atomic E-state index is -0.942. The molecule has 0 aliphatic carbocycles. The number of alkyl carbamates (subject to hydrolysis) is 1. The number of ether oxygens (including phenoxy) is 1. The molecule has 0 saturated heterocycles. The number of anilines is 1. The predicted molar refractivity (Wildman–Crippen MR) is 172 cm³/mol. The maximum atomic E-state index is 14.6. The molecule has 0 spiro atoms. The Labute approximate surface area is 257 Å². The van der Waals surface area contributed by atoms with Gasteiger partial charge in [-0.05, 0) is 82.2 Å². The van der Waals surface area contributed by atoms with Crippen molar-refractivity contribution in [3.8, 4) is 0 Å². The number of nitrogens with zero attached hydrogens (tertiary/aromatic N) is 1. The standard InChI is InChI=1S/C34H50ClN3O4/c1-10-12-13-14-21-38(32(40)29(22(3)11-2)37-33(41)42-34(7,8)9)30(27-23(4)17-15-18-24(27)5)31(39)36-28-25(6)19-16-20-26(28)35/h15-20,22,29-30H,10-14,21H2,1-9H3,(H,36,39)(H,37,41). The second-order valence-electron chi connectivity index (χ2n) is 12.2. The number of amides is 3. The smallest absolute Gasteiger partial charge is 0.408 e. The van der Waals surface area contributed by atoms with Gasteiger partial charge in [-0.15, -0.1) is 0 Å². The summed E-state index contributed by atoms with van der Waals surface area (Å²) in [5.41, 5.74) is 3.18. The molecule has 8 heteroatoms. The minimum Gasteiger partial charge on any atom is -0.444 e. The van der Waals surface area contributed by atoms with Gasteiger partial charge in [0.1, 0.15) is 17.7 Å². The third-order valence-electron chi connectivity index (χ3n) is 7.53. The number of hydrogen-bond acceptors (Lipinski definition) is 4. The molecule has 3 atom stereocenters. The van der Waals surface area contributed by atoms with Crippen molar-refractivity contribution in [2.24, 2.45) is 5.92 Å². The van der Waals surface area contributed by atoms with Gasteiger partial charge in [0.15, 0.2) is 0 Å². The topological polar surface area (TPSA) is 87.7 Å². The molecule has 0 aliphatic rings. The van der Waals surface area contributed by atoms with Crippen LogP contribution in [0.1, 0.15) is 102 Å². The highest BCUT2D eigenvalue weighted by molar-refractivity contribution is 6.34. The van der Waals surface area contributed by atoms with Gasteiger partial charge in [0, 0.05) is 6.54 Å². The van der Waals surface area contributed by atoms with Crippen molar-refractivity contribution in [1.82, 2.24) is 10.2 Å². The molecule has 0 bridgehead atoms. The SMILES string of the molecule is CCCCCCN(C(=O)C(NC(=O)OC(C)(C)C)C(C)CC)C(C(=O)Nc1c(C)cccc1Cl)c1c(C)cccc1C. The van der Waals surface area contributed by atoms with E-state index in [0.29, 0.717) is 23.7 Å². The third kappa shape index (κ3) is 9.75. The van der Waals surface area contributed by atoms with Gasteiger partial charge in [-0.2, -0.15) is 0 Å². The first kappa shape index (κ1) is 35.1. The summed E-state index contributed by atoms with van der Waals surface area (Å²) in [5.74, 6) is -0.867. The molecular weight excluding hydrogens is 550 g/mol. The van der Waals surface area contributed by atoms with Gasteiger partial charge in [0.2, 0.25) is 5.91 Å². The lowest BCUT2D eigenvalue weighted by atomic mass is 9.91. The summed E-state index contributed by atoms with van der Waals surface area (Å²) in [4.78, 5) is 43.5. The van der Waals surface area contributed by atoms with E-state index in [1.54, 1.807) is 31.7 Å². The van der Waals surface area contributed by atoms with Crippen molar-refractivity contribution in [2.75, 3.05) is 11.9 Å². The van der Waals surface area contributed by atoms with Crippen LogP contribution in [0.4, 0.5) is 10.5 Å². The van der Waals surface area contributed by atoms with Crippen molar-refractivity contribution < 1.29 is 19.1 Å². The zero-order valence-electron chi connectivity index (χ0n) is 26.9. The molecule has 2 aromatic rings. The first-order valence-corrected chi connectivity index (χ1v) is 15.5. The van der Waals surface area contributed by atoms with Crippen molar-refractivity contribution in [3.63, 3.8) is 0 Å². The van der Waals surface area contributed by atoms with Crippen LogP contribution in [-0.4, -0.2) is 41.0 Å². The van der Waals surface area contributed by atoms with Gasteiger partial charge >= 0.3 is 6.09 Å². The van der Waals surface area contributed by atoms with Crippen molar-refractivity contribution in [3.05, 3.63) is 63.7 Å². The van der Waals surface area contributed by atoms with Crippen LogP contribution in [0.2, 0.25) is 5.02 Å². The quantitative estimate of drug-likeness (QED) is 0.227. The molecule has 3 amide bonds. The molecule has 2 aromatic carbocycles. The molecule has 0 aliphatic heterocycles. The van der Waals surface area contributed by atoms with Crippen LogP contribution in [0.3, 0.4) is 0 Å². The molecule has 7 nitrogen and oxygen atoms in total. The summed E-state index contributed by atoms with van der Waals surface area (Å²) in [7, 11) is 0. The van der Waals surface area contributed by atoms with Gasteiger partial charge in [-0.1, -0.05) is 88.4 Å². The maximum absolute atomic E-state index is 14.6. The van der Waals surface area contributed by atoms with Gasteiger partial charge in [-0.3, -0.25) is 9.59 Å². The van der Waals surface area contributed by atoms with E-state index in [4.69, 9.17) is 16.3 Å². The van der Waals surface area contributed by atoms with Crippen LogP contribution in [0.25, 0.3) is 0 Å². The van der Waals surface area contributed by atoms with E-state index in [1.165, 1.54) is 0 Å². The molecule has 2 rings (SSSR count). The zero-order chi connectivity index (χ0) is 31.6. The Balaban J connectivity index is 2.68. The third-order valence-corrected chi connectivity index (χ3v) is 7.85. The second kappa shape index (κ2) is 16.0. The number of aryl methyl sites for hydroxylation is 3. The summed E-state index contributed by atoms with van der Waals surface area (Å²) < 4.78 is 5.53. The second-order valence-corrected chi connectivity index (χ2v) is 12.6. The van der Waals surface area contributed by atoms with Gasteiger partial charge in [0.05, 0.1) is 10.7 Å². The van der Waals surface area contributed by atoms with Crippen molar-refractivity contribution >= 4 is 35.2 Å². The number of nitrogens with one attached hydrogen (secondary N) is 2. The highest BCUT2D eigenvalue weighted by Crippen LogP contribution is 2.33. The van der Waals surface area contributed by atoms with E-state index < -0.39 is 23.8 Å². The Morgan fingerprint density at radius 2 is 1.52 bits per heavy atom. The monoisotopic (exact) mass is 599 g/mol. The number of benzene rings is 2. The van der Waals surface area contributed by atoms with Gasteiger partial charge < -0.3 is 20.3 Å². The van der Waals surface area contributed by atoms with E-state index in [-0.39, 0.29) is 17.7 Å². The summed E-state index contributed by atoms with van der Waals surface area (Å²) in [5, 5.41) is 6.31. The van der Waals surface area contributed by atoms with Gasteiger partial charge in [0.25, 0.3) is 5.91 Å². The maximum Gasteiger partial charge on any atom is 0.408 e. The fourth-order valence-electron chi connectivity index (χ4n) is 5.04. The molecule has 0 fully saturated rings. The van der Waals surface area contributed by atoms with Crippen LogP contribution in [0, 0.1) is 26.7 Å². The van der Waals surface area contributed by atoms with Crippen LogP contribution < -0.4 is 10.6 Å². The van der Waals surface area contributed by atoms with E-state index in [2.05, 4.69) is 17.6 Å². The van der Waals surface area contributed by atoms with Crippen LogP contribution in [-0.2, 0) is 14.3 Å². The first-order chi connectivity index (χ1) is 19.7. The van der Waals surface area contributed by atoms with Crippen LogP contribution in [0.5, 0.6) is 0 Å². The number of carbonyl (C=O) groups excluding carboxylic acids is 3. The highest BCUT2D eigenvalue weighted by Gasteiger charge is 2.39. The molecule has 2 N–H and O–H groups in total. The molecular formula is C34H50ClN3O4. The number of unbranched alkanes of at least 4 members (excludes halogenated alkanes) is 3. The van der Waals surface area contributed by atoms with E-state index >= 15 is 0 Å². The number of halogens is 1. The zero-order valence-corrected chi connectivity index (χ0v) is 27.7. The summed E-state index contributed by atoms with van der Waals surface area (Å²) >= 11 is 6.51. The van der Waals surface area contributed by atoms with E-state index in [1.807, 2.05) is 65.0 Å². The van der Waals surface area contributed by atoms with E-state index in [0.717, 1.165) is 47.9 Å². The fourth-order valence-corrected chi connectivity index (χ4v) is 5.31. The highest BCUT2D eigenvalue weighted by atomic mass is 35.5. The average molecular weight is 600 g/mol. The molecule has 0 saturated carbocycles. The first-order valence-electron chi connectivity index (χ1n) is 15.1.